The number of hydrogen-bond acceptors (Lipinski definition) is 3. The highest BCUT2D eigenvalue weighted by Crippen LogP contribution is 2.32. The number of nitrogens with two attached hydrogens (primary N) is 1. The Kier molecular flexibility index (Phi) is 3.71. The van der Waals surface area contributed by atoms with Crippen molar-refractivity contribution in [2.24, 2.45) is 5.73 Å². The fourth-order valence-electron chi connectivity index (χ4n) is 1.11. The molecule has 13 heavy (non-hydrogen) atoms. The van der Waals surface area contributed by atoms with E-state index in [9.17, 15) is 10.2 Å². The van der Waals surface area contributed by atoms with Crippen molar-refractivity contribution in [3.05, 3.63) is 28.2 Å². The smallest absolute Gasteiger partial charge is 0.135 e. The van der Waals surface area contributed by atoms with Gasteiger partial charge in [-0.2, -0.15) is 0 Å². The molecule has 0 amide bonds. The first-order chi connectivity index (χ1) is 6.16. The van der Waals surface area contributed by atoms with Crippen LogP contribution >= 0.6 is 15.9 Å². The van der Waals surface area contributed by atoms with Crippen LogP contribution in [0.3, 0.4) is 0 Å². The van der Waals surface area contributed by atoms with E-state index in [-0.39, 0.29) is 5.75 Å². The number of phenols is 1. The first-order valence-corrected chi connectivity index (χ1v) is 4.81. The maximum atomic E-state index is 9.56. The van der Waals surface area contributed by atoms with Crippen LogP contribution < -0.4 is 5.73 Å². The molecule has 0 fully saturated rings. The van der Waals surface area contributed by atoms with Crippen LogP contribution in [-0.4, -0.2) is 16.8 Å². The Morgan fingerprint density at radius 1 is 1.46 bits per heavy atom. The minimum atomic E-state index is -0.692. The van der Waals surface area contributed by atoms with Crippen LogP contribution in [0.1, 0.15) is 18.1 Å². The summed E-state index contributed by atoms with van der Waals surface area (Å²) in [6.45, 7) is 0.396. The second kappa shape index (κ2) is 4.60. The molecule has 0 saturated carbocycles. The Bertz CT molecular complexity index is 291. The largest absolute Gasteiger partial charge is 0.506 e. The van der Waals surface area contributed by atoms with Crippen LogP contribution in [0.5, 0.6) is 5.75 Å². The van der Waals surface area contributed by atoms with Gasteiger partial charge in [-0.15, -0.1) is 0 Å². The minimum Gasteiger partial charge on any atom is -0.506 e. The summed E-state index contributed by atoms with van der Waals surface area (Å²) in [6.07, 6.45) is -0.244. The second-order valence-corrected chi connectivity index (χ2v) is 3.63. The van der Waals surface area contributed by atoms with Gasteiger partial charge >= 0.3 is 0 Å². The lowest BCUT2D eigenvalue weighted by molar-refractivity contribution is 0.166. The third-order valence-electron chi connectivity index (χ3n) is 1.82. The maximum Gasteiger partial charge on any atom is 0.135 e. The number of aliphatic hydroxyl groups excluding tert-OH is 1. The van der Waals surface area contributed by atoms with Gasteiger partial charge in [0.05, 0.1) is 10.6 Å². The molecule has 1 unspecified atom stereocenters. The van der Waals surface area contributed by atoms with E-state index in [0.717, 1.165) is 0 Å². The summed E-state index contributed by atoms with van der Waals surface area (Å²) >= 11 is 3.17. The lowest BCUT2D eigenvalue weighted by Gasteiger charge is -2.11. The first kappa shape index (κ1) is 10.5. The van der Waals surface area contributed by atoms with Crippen molar-refractivity contribution in [1.82, 2.24) is 0 Å². The lowest BCUT2D eigenvalue weighted by Crippen LogP contribution is -2.06. The quantitative estimate of drug-likeness (QED) is 0.757. The van der Waals surface area contributed by atoms with Gasteiger partial charge in [0.15, 0.2) is 0 Å². The molecule has 1 atom stereocenters. The highest BCUT2D eigenvalue weighted by Gasteiger charge is 2.12. The average Bonchev–Trinajstić information content (AvgIpc) is 2.10. The molecule has 0 aromatic heterocycles. The van der Waals surface area contributed by atoms with Crippen LogP contribution in [0.4, 0.5) is 0 Å². The third kappa shape index (κ3) is 2.43. The van der Waals surface area contributed by atoms with E-state index < -0.39 is 6.10 Å². The van der Waals surface area contributed by atoms with Gasteiger partial charge in [0.2, 0.25) is 0 Å². The number of benzene rings is 1. The molecule has 0 spiro atoms. The molecule has 72 valence electrons. The third-order valence-corrected chi connectivity index (χ3v) is 2.46. The average molecular weight is 246 g/mol. The molecule has 3 nitrogen and oxygen atoms in total. The Morgan fingerprint density at radius 3 is 2.77 bits per heavy atom. The van der Waals surface area contributed by atoms with Gasteiger partial charge in [0.25, 0.3) is 0 Å². The highest BCUT2D eigenvalue weighted by molar-refractivity contribution is 9.10. The SMILES string of the molecule is NCCC(O)c1cccc(Br)c1O. The van der Waals surface area contributed by atoms with Gasteiger partial charge in [-0.05, 0) is 35.0 Å². The van der Waals surface area contributed by atoms with E-state index in [0.29, 0.717) is 23.0 Å². The van der Waals surface area contributed by atoms with Crippen molar-refractivity contribution < 1.29 is 10.2 Å². The molecule has 0 radical (unpaired) electrons. The van der Waals surface area contributed by atoms with Crippen molar-refractivity contribution in [2.45, 2.75) is 12.5 Å². The van der Waals surface area contributed by atoms with Crippen LogP contribution in [-0.2, 0) is 0 Å². The molecule has 0 saturated heterocycles. The molecule has 0 heterocycles. The molecule has 0 aliphatic rings. The normalized spacial score (nSPS) is 12.8. The molecule has 1 rings (SSSR count). The summed E-state index contributed by atoms with van der Waals surface area (Å²) in [7, 11) is 0. The van der Waals surface area contributed by atoms with Gasteiger partial charge in [-0.3, -0.25) is 0 Å². The predicted molar refractivity (Wildman–Crippen MR) is 54.4 cm³/mol. The van der Waals surface area contributed by atoms with Gasteiger partial charge < -0.3 is 15.9 Å². The number of para-hydroxylation sites is 1. The summed E-state index contributed by atoms with van der Waals surface area (Å²) in [4.78, 5) is 0. The van der Waals surface area contributed by atoms with Crippen LogP contribution in [0.15, 0.2) is 22.7 Å². The number of rotatable bonds is 3. The zero-order chi connectivity index (χ0) is 9.84. The minimum absolute atomic E-state index is 0.0865. The number of aromatic hydroxyl groups is 1. The Labute approximate surface area is 85.3 Å². The molecule has 0 aliphatic carbocycles. The molecule has 0 aliphatic heterocycles. The van der Waals surface area contributed by atoms with Gasteiger partial charge in [0.1, 0.15) is 5.75 Å². The topological polar surface area (TPSA) is 66.5 Å². The van der Waals surface area contributed by atoms with E-state index in [1.54, 1.807) is 18.2 Å². The van der Waals surface area contributed by atoms with E-state index >= 15 is 0 Å². The maximum absolute atomic E-state index is 9.56. The van der Waals surface area contributed by atoms with Gasteiger partial charge in [0, 0.05) is 5.56 Å². The summed E-state index contributed by atoms with van der Waals surface area (Å²) < 4.78 is 0.584. The molecule has 4 heteroatoms. The molecule has 1 aromatic rings. The summed E-state index contributed by atoms with van der Waals surface area (Å²) in [5.41, 5.74) is 5.82. The molecule has 4 N–H and O–H groups in total. The fourth-order valence-corrected chi connectivity index (χ4v) is 1.50. The monoisotopic (exact) mass is 245 g/mol. The number of hydrogen-bond donors (Lipinski definition) is 3. The Hall–Kier alpha value is -0.580. The van der Waals surface area contributed by atoms with Crippen LogP contribution in [0.2, 0.25) is 0 Å². The van der Waals surface area contributed by atoms with Crippen LogP contribution in [0.25, 0.3) is 0 Å². The standard InChI is InChI=1S/C9H12BrNO2/c10-7-3-1-2-6(9(7)13)8(12)4-5-11/h1-3,8,12-13H,4-5,11H2. The Balaban J connectivity index is 2.93. The number of phenolic OH excluding ortho intramolecular Hbond substituents is 1. The van der Waals surface area contributed by atoms with Crippen molar-refractivity contribution in [2.75, 3.05) is 6.54 Å². The first-order valence-electron chi connectivity index (χ1n) is 4.02. The van der Waals surface area contributed by atoms with E-state index in [1.165, 1.54) is 0 Å². The van der Waals surface area contributed by atoms with Crippen molar-refractivity contribution in [1.29, 1.82) is 0 Å². The van der Waals surface area contributed by atoms with E-state index in [4.69, 9.17) is 5.73 Å². The highest BCUT2D eigenvalue weighted by atomic mass is 79.9. The summed E-state index contributed by atoms with van der Waals surface area (Å²) in [6, 6.07) is 5.16. The molecular weight excluding hydrogens is 234 g/mol. The zero-order valence-corrected chi connectivity index (χ0v) is 8.66. The van der Waals surface area contributed by atoms with Crippen molar-refractivity contribution >= 4 is 15.9 Å². The molecular formula is C9H12BrNO2. The number of aliphatic hydroxyl groups is 1. The predicted octanol–water partition coefficient (Wildman–Crippen LogP) is 1.54. The Morgan fingerprint density at radius 2 is 2.15 bits per heavy atom. The van der Waals surface area contributed by atoms with Gasteiger partial charge in [-0.1, -0.05) is 12.1 Å². The zero-order valence-electron chi connectivity index (χ0n) is 7.07. The van der Waals surface area contributed by atoms with Crippen molar-refractivity contribution in [3.8, 4) is 5.75 Å². The second-order valence-electron chi connectivity index (χ2n) is 2.77. The van der Waals surface area contributed by atoms with Gasteiger partial charge in [-0.25, -0.2) is 0 Å². The number of halogens is 1. The molecule has 0 bridgehead atoms. The lowest BCUT2D eigenvalue weighted by atomic mass is 10.1. The van der Waals surface area contributed by atoms with E-state index in [1.807, 2.05) is 0 Å². The van der Waals surface area contributed by atoms with E-state index in [2.05, 4.69) is 15.9 Å². The molecule has 1 aromatic carbocycles. The fraction of sp³-hybridized carbons (Fsp3) is 0.333. The summed E-state index contributed by atoms with van der Waals surface area (Å²) in [5, 5.41) is 19.1. The summed E-state index contributed by atoms with van der Waals surface area (Å²) in [5.74, 6) is 0.0865. The van der Waals surface area contributed by atoms with Crippen molar-refractivity contribution in [3.63, 3.8) is 0 Å². The van der Waals surface area contributed by atoms with Crippen LogP contribution in [0, 0.1) is 0 Å².